The lowest BCUT2D eigenvalue weighted by atomic mass is 10.1. The van der Waals surface area contributed by atoms with E-state index in [2.05, 4.69) is 11.9 Å². The van der Waals surface area contributed by atoms with E-state index >= 15 is 0 Å². The third-order valence-corrected chi connectivity index (χ3v) is 3.54. The van der Waals surface area contributed by atoms with E-state index in [9.17, 15) is 19.5 Å². The van der Waals surface area contributed by atoms with Crippen LogP contribution in [0.4, 0.5) is 4.79 Å². The van der Waals surface area contributed by atoms with Gasteiger partial charge in [-0.2, -0.15) is 0 Å². The number of nitrogens with one attached hydrogen (secondary N) is 1. The fourth-order valence-corrected chi connectivity index (χ4v) is 2.18. The molecule has 1 amide bonds. The number of hydrogen-bond donors (Lipinski definition) is 2. The van der Waals surface area contributed by atoms with E-state index in [-0.39, 0.29) is 32.0 Å². The van der Waals surface area contributed by atoms with Crippen LogP contribution in [0, 0.1) is 0 Å². The zero-order valence-electron chi connectivity index (χ0n) is 14.7. The molecule has 1 unspecified atom stereocenters. The first kappa shape index (κ1) is 21.2. The minimum Gasteiger partial charge on any atom is -0.480 e. The number of alkyl carbamates (subject to hydrolysis) is 1. The third-order valence-electron chi connectivity index (χ3n) is 3.54. The average Bonchev–Trinajstić information content (AvgIpc) is 2.64. The van der Waals surface area contributed by atoms with Gasteiger partial charge in [-0.25, -0.2) is 9.59 Å². The average molecular weight is 363 g/mol. The van der Waals surface area contributed by atoms with E-state index in [1.807, 2.05) is 30.3 Å². The molecule has 26 heavy (non-hydrogen) atoms. The van der Waals surface area contributed by atoms with E-state index in [1.54, 1.807) is 0 Å². The van der Waals surface area contributed by atoms with Crippen LogP contribution in [0.2, 0.25) is 0 Å². The molecule has 0 aliphatic carbocycles. The summed E-state index contributed by atoms with van der Waals surface area (Å²) < 4.78 is 9.87. The number of benzene rings is 1. The van der Waals surface area contributed by atoms with Gasteiger partial charge in [0, 0.05) is 6.42 Å². The summed E-state index contributed by atoms with van der Waals surface area (Å²) >= 11 is 0. The molecule has 0 aliphatic heterocycles. The monoisotopic (exact) mass is 363 g/mol. The minimum absolute atomic E-state index is 0.0752. The zero-order chi connectivity index (χ0) is 19.2. The lowest BCUT2D eigenvalue weighted by Gasteiger charge is -2.14. The highest BCUT2D eigenvalue weighted by Crippen LogP contribution is 2.08. The molecule has 7 nitrogen and oxygen atoms in total. The highest BCUT2D eigenvalue weighted by atomic mass is 16.5. The van der Waals surface area contributed by atoms with Crippen molar-refractivity contribution < 1.29 is 29.0 Å². The first-order valence-electron chi connectivity index (χ1n) is 8.49. The Morgan fingerprint density at radius 3 is 2.50 bits per heavy atom. The van der Waals surface area contributed by atoms with Gasteiger partial charge >= 0.3 is 18.0 Å². The smallest absolute Gasteiger partial charge is 0.408 e. The number of amides is 1. The predicted molar refractivity (Wildman–Crippen MR) is 95.4 cm³/mol. The summed E-state index contributed by atoms with van der Waals surface area (Å²) in [6.45, 7) is 3.72. The third kappa shape index (κ3) is 9.46. The SMILES string of the molecule is C=CCOC(=O)CCCCCC(NC(=O)OCc1ccccc1)C(=O)O. The van der Waals surface area contributed by atoms with Gasteiger partial charge < -0.3 is 19.9 Å². The first-order valence-corrected chi connectivity index (χ1v) is 8.49. The van der Waals surface area contributed by atoms with E-state index in [0.717, 1.165) is 5.56 Å². The summed E-state index contributed by atoms with van der Waals surface area (Å²) in [4.78, 5) is 34.3. The Labute approximate surface area is 153 Å². The predicted octanol–water partition coefficient (Wildman–Crippen LogP) is 3.05. The second-order valence-corrected chi connectivity index (χ2v) is 5.67. The Morgan fingerprint density at radius 1 is 1.12 bits per heavy atom. The number of aliphatic carboxylic acids is 1. The summed E-state index contributed by atoms with van der Waals surface area (Å²) in [5.74, 6) is -1.42. The number of esters is 1. The van der Waals surface area contributed by atoms with Gasteiger partial charge in [-0.1, -0.05) is 55.8 Å². The molecule has 2 N–H and O–H groups in total. The number of carboxylic acids is 1. The summed E-state index contributed by atoms with van der Waals surface area (Å²) in [7, 11) is 0. The van der Waals surface area contributed by atoms with Crippen LogP contribution in [0.5, 0.6) is 0 Å². The topological polar surface area (TPSA) is 102 Å². The molecule has 0 saturated heterocycles. The lowest BCUT2D eigenvalue weighted by Crippen LogP contribution is -2.41. The molecular formula is C19H25NO6. The van der Waals surface area contributed by atoms with Crippen molar-refractivity contribution in [1.29, 1.82) is 0 Å². The van der Waals surface area contributed by atoms with Crippen molar-refractivity contribution in [3.63, 3.8) is 0 Å². The molecule has 0 saturated carbocycles. The molecule has 0 heterocycles. The van der Waals surface area contributed by atoms with Crippen LogP contribution in [0.1, 0.15) is 37.7 Å². The number of unbranched alkanes of at least 4 members (excludes halogenated alkanes) is 2. The highest BCUT2D eigenvalue weighted by Gasteiger charge is 2.20. The van der Waals surface area contributed by atoms with Crippen LogP contribution in [0.15, 0.2) is 43.0 Å². The molecule has 0 aromatic heterocycles. The minimum atomic E-state index is -1.12. The summed E-state index contributed by atoms with van der Waals surface area (Å²) in [5.41, 5.74) is 0.817. The van der Waals surface area contributed by atoms with Crippen molar-refractivity contribution in [3.8, 4) is 0 Å². The van der Waals surface area contributed by atoms with Gasteiger partial charge in [-0.15, -0.1) is 0 Å². The number of rotatable bonds is 12. The fraction of sp³-hybridized carbons (Fsp3) is 0.421. The largest absolute Gasteiger partial charge is 0.480 e. The Bertz CT molecular complexity index is 587. The molecule has 7 heteroatoms. The van der Waals surface area contributed by atoms with Crippen molar-refractivity contribution in [2.75, 3.05) is 6.61 Å². The molecule has 0 spiro atoms. The van der Waals surface area contributed by atoms with Gasteiger partial charge in [-0.05, 0) is 18.4 Å². The highest BCUT2D eigenvalue weighted by molar-refractivity contribution is 5.79. The standard InChI is InChI=1S/C19H25NO6/c1-2-13-25-17(21)12-8-4-7-11-16(18(22)23)20-19(24)26-14-15-9-5-3-6-10-15/h2-3,5-6,9-10,16H,1,4,7-8,11-14H2,(H,20,24)(H,22,23). The van der Waals surface area contributed by atoms with Crippen molar-refractivity contribution in [1.82, 2.24) is 5.32 Å². The Balaban J connectivity index is 2.24. The van der Waals surface area contributed by atoms with Crippen LogP contribution in [-0.2, 0) is 25.7 Å². The van der Waals surface area contributed by atoms with Crippen LogP contribution < -0.4 is 5.32 Å². The second kappa shape index (κ2) is 12.5. The number of ether oxygens (including phenoxy) is 2. The maximum Gasteiger partial charge on any atom is 0.408 e. The number of carbonyl (C=O) groups excluding carboxylic acids is 2. The molecule has 1 aromatic rings. The van der Waals surface area contributed by atoms with Gasteiger partial charge in [0.05, 0.1) is 0 Å². The fourth-order valence-electron chi connectivity index (χ4n) is 2.18. The molecule has 0 aliphatic rings. The van der Waals surface area contributed by atoms with Crippen LogP contribution in [0.3, 0.4) is 0 Å². The number of hydrogen-bond acceptors (Lipinski definition) is 5. The Hall–Kier alpha value is -2.83. The van der Waals surface area contributed by atoms with Crippen LogP contribution in [0.25, 0.3) is 0 Å². The van der Waals surface area contributed by atoms with Crippen molar-refractivity contribution in [3.05, 3.63) is 48.6 Å². The van der Waals surface area contributed by atoms with Gasteiger partial charge in [0.15, 0.2) is 0 Å². The van der Waals surface area contributed by atoms with Gasteiger partial charge in [-0.3, -0.25) is 4.79 Å². The number of carboxylic acid groups (broad SMARTS) is 1. The Kier molecular flexibility index (Phi) is 10.2. The normalized spacial score (nSPS) is 11.2. The number of carbonyl (C=O) groups is 3. The van der Waals surface area contributed by atoms with Crippen LogP contribution >= 0.6 is 0 Å². The second-order valence-electron chi connectivity index (χ2n) is 5.67. The van der Waals surface area contributed by atoms with Crippen LogP contribution in [-0.4, -0.2) is 35.8 Å². The molecular weight excluding hydrogens is 338 g/mol. The van der Waals surface area contributed by atoms with E-state index in [1.165, 1.54) is 6.08 Å². The van der Waals surface area contributed by atoms with Gasteiger partial charge in [0.2, 0.25) is 0 Å². The molecule has 1 atom stereocenters. The summed E-state index contributed by atoms with van der Waals surface area (Å²) in [5, 5.41) is 11.5. The lowest BCUT2D eigenvalue weighted by molar-refractivity contribution is -0.142. The summed E-state index contributed by atoms with van der Waals surface area (Å²) in [6.07, 6.45) is 3.08. The zero-order valence-corrected chi connectivity index (χ0v) is 14.7. The van der Waals surface area contributed by atoms with E-state index < -0.39 is 18.1 Å². The van der Waals surface area contributed by atoms with Crippen molar-refractivity contribution in [2.24, 2.45) is 0 Å². The quantitative estimate of drug-likeness (QED) is 0.336. The molecule has 1 rings (SSSR count). The van der Waals surface area contributed by atoms with Gasteiger partial charge in [0.25, 0.3) is 0 Å². The molecule has 142 valence electrons. The Morgan fingerprint density at radius 2 is 1.85 bits per heavy atom. The van der Waals surface area contributed by atoms with Crippen molar-refractivity contribution >= 4 is 18.0 Å². The molecule has 0 bridgehead atoms. The van der Waals surface area contributed by atoms with E-state index in [0.29, 0.717) is 19.3 Å². The maximum atomic E-state index is 11.7. The van der Waals surface area contributed by atoms with E-state index in [4.69, 9.17) is 9.47 Å². The van der Waals surface area contributed by atoms with Crippen molar-refractivity contribution in [2.45, 2.75) is 44.8 Å². The van der Waals surface area contributed by atoms with Gasteiger partial charge in [0.1, 0.15) is 19.3 Å². The summed E-state index contributed by atoms with van der Waals surface area (Å²) in [6, 6.07) is 8.09. The molecule has 1 aromatic carbocycles. The first-order chi connectivity index (χ1) is 12.5. The maximum absolute atomic E-state index is 11.7. The molecule has 0 fully saturated rings. The molecule has 0 radical (unpaired) electrons.